The summed E-state index contributed by atoms with van der Waals surface area (Å²) in [6.07, 6.45) is 0. The zero-order chi connectivity index (χ0) is 37.5. The molecular formula is C51H29N3OS2. The van der Waals surface area contributed by atoms with E-state index in [2.05, 4.69) is 109 Å². The van der Waals surface area contributed by atoms with Gasteiger partial charge in [-0.15, -0.1) is 22.7 Å². The fourth-order valence-electron chi connectivity index (χ4n) is 8.32. The number of furan rings is 1. The zero-order valence-electron chi connectivity index (χ0n) is 30.3. The van der Waals surface area contributed by atoms with Crippen molar-refractivity contribution in [3.63, 3.8) is 0 Å². The van der Waals surface area contributed by atoms with Crippen LogP contribution in [-0.2, 0) is 0 Å². The second-order valence-electron chi connectivity index (χ2n) is 14.3. The Kier molecular flexibility index (Phi) is 7.24. The van der Waals surface area contributed by atoms with Crippen LogP contribution in [0.1, 0.15) is 0 Å². The summed E-state index contributed by atoms with van der Waals surface area (Å²) in [6, 6.07) is 62.0. The SMILES string of the molecule is c1ccc(-c2nc(-c3ccccc3)nc(-c3cccc4sc5cc(-c6cc(-c7cccc8sc9ccccc9c78)cc7c6oc6ccccc67)ccc5c34)n2)cc1. The fraction of sp³-hybridized carbons (Fsp3) is 0. The van der Waals surface area contributed by atoms with E-state index in [0.29, 0.717) is 17.5 Å². The number of benzene rings is 8. The summed E-state index contributed by atoms with van der Waals surface area (Å²) in [5.41, 5.74) is 9.27. The van der Waals surface area contributed by atoms with Gasteiger partial charge in [0.1, 0.15) is 11.2 Å². The minimum atomic E-state index is 0.652. The molecule has 12 rings (SSSR count). The molecule has 0 bridgehead atoms. The van der Waals surface area contributed by atoms with Crippen molar-refractivity contribution in [1.29, 1.82) is 0 Å². The van der Waals surface area contributed by atoms with Crippen LogP contribution in [0.3, 0.4) is 0 Å². The zero-order valence-corrected chi connectivity index (χ0v) is 31.9. The van der Waals surface area contributed by atoms with Gasteiger partial charge in [0.2, 0.25) is 0 Å². The number of rotatable bonds is 5. The highest BCUT2D eigenvalue weighted by Gasteiger charge is 2.20. The lowest BCUT2D eigenvalue weighted by Crippen LogP contribution is -2.00. The molecule has 0 fully saturated rings. The Morgan fingerprint density at radius 3 is 1.67 bits per heavy atom. The van der Waals surface area contributed by atoms with Gasteiger partial charge in [0, 0.05) is 73.4 Å². The van der Waals surface area contributed by atoms with E-state index < -0.39 is 0 Å². The van der Waals surface area contributed by atoms with Gasteiger partial charge in [0.25, 0.3) is 0 Å². The lowest BCUT2D eigenvalue weighted by atomic mass is 9.93. The smallest absolute Gasteiger partial charge is 0.164 e. The highest BCUT2D eigenvalue weighted by atomic mass is 32.1. The van der Waals surface area contributed by atoms with Crippen LogP contribution in [0.15, 0.2) is 180 Å². The van der Waals surface area contributed by atoms with Crippen molar-refractivity contribution >= 4 is 85.0 Å². The Hall–Kier alpha value is -6.99. The third-order valence-electron chi connectivity index (χ3n) is 10.9. The molecule has 0 aliphatic rings. The van der Waals surface area contributed by atoms with Gasteiger partial charge in [0.05, 0.1) is 0 Å². The Bertz CT molecular complexity index is 3470. The standard InChI is InChI=1S/C51H29N3OS2/c1-3-13-30(14-4-1)49-52-50(31-15-5-2-6-16-31)54-51(53-49)38-20-12-24-44-47(38)37-26-25-32(29-45(37)57-44)39-27-33(28-40-35-17-7-9-21-41(35)55-48(39)40)34-19-11-23-43-46(34)36-18-8-10-22-42(36)56-43/h1-29H. The van der Waals surface area contributed by atoms with Gasteiger partial charge < -0.3 is 4.42 Å². The first-order chi connectivity index (χ1) is 28.2. The average Bonchev–Trinajstić information content (AvgIpc) is 3.97. The Morgan fingerprint density at radius 2 is 0.912 bits per heavy atom. The van der Waals surface area contributed by atoms with Crippen molar-refractivity contribution in [3.8, 4) is 56.4 Å². The molecule has 0 saturated heterocycles. The molecule has 0 aliphatic carbocycles. The molecule has 6 heteroatoms. The summed E-state index contributed by atoms with van der Waals surface area (Å²) < 4.78 is 11.7. The summed E-state index contributed by atoms with van der Waals surface area (Å²) in [5.74, 6) is 1.96. The van der Waals surface area contributed by atoms with Crippen LogP contribution in [0.25, 0.3) is 119 Å². The Balaban J connectivity index is 1.07. The number of aromatic nitrogens is 3. The first-order valence-electron chi connectivity index (χ1n) is 18.9. The third kappa shape index (κ3) is 5.22. The van der Waals surface area contributed by atoms with Crippen LogP contribution in [-0.4, -0.2) is 15.0 Å². The number of fused-ring (bicyclic) bond motifs is 9. The van der Waals surface area contributed by atoms with E-state index in [-0.39, 0.29) is 0 Å². The quantitative estimate of drug-likeness (QED) is 0.175. The first kappa shape index (κ1) is 32.3. The maximum Gasteiger partial charge on any atom is 0.164 e. The topological polar surface area (TPSA) is 51.8 Å². The van der Waals surface area contributed by atoms with Crippen LogP contribution in [0.4, 0.5) is 0 Å². The van der Waals surface area contributed by atoms with Gasteiger partial charge in [0.15, 0.2) is 17.5 Å². The predicted molar refractivity (Wildman–Crippen MR) is 240 cm³/mol. The highest BCUT2D eigenvalue weighted by Crippen LogP contribution is 2.46. The molecule has 4 nitrogen and oxygen atoms in total. The largest absolute Gasteiger partial charge is 0.455 e. The molecular weight excluding hydrogens is 735 g/mol. The van der Waals surface area contributed by atoms with Crippen molar-refractivity contribution in [2.45, 2.75) is 0 Å². The van der Waals surface area contributed by atoms with Gasteiger partial charge in [-0.1, -0.05) is 133 Å². The van der Waals surface area contributed by atoms with E-state index in [1.807, 2.05) is 78.1 Å². The molecule has 0 spiro atoms. The molecule has 0 radical (unpaired) electrons. The van der Waals surface area contributed by atoms with Crippen molar-refractivity contribution < 1.29 is 4.42 Å². The average molecular weight is 764 g/mol. The molecule has 266 valence electrons. The van der Waals surface area contributed by atoms with E-state index in [1.165, 1.54) is 46.1 Å². The minimum absolute atomic E-state index is 0.652. The number of para-hydroxylation sites is 1. The van der Waals surface area contributed by atoms with Crippen molar-refractivity contribution in [1.82, 2.24) is 15.0 Å². The molecule has 0 unspecified atom stereocenters. The van der Waals surface area contributed by atoms with Crippen LogP contribution in [0, 0.1) is 0 Å². The van der Waals surface area contributed by atoms with E-state index in [1.54, 1.807) is 11.3 Å². The van der Waals surface area contributed by atoms with Crippen molar-refractivity contribution in [2.75, 3.05) is 0 Å². The van der Waals surface area contributed by atoms with Gasteiger partial charge in [-0.2, -0.15) is 0 Å². The molecule has 0 aliphatic heterocycles. The number of hydrogen-bond donors (Lipinski definition) is 0. The van der Waals surface area contributed by atoms with Crippen molar-refractivity contribution in [2.24, 2.45) is 0 Å². The summed E-state index contributed by atoms with van der Waals surface area (Å²) in [7, 11) is 0. The highest BCUT2D eigenvalue weighted by molar-refractivity contribution is 7.26. The van der Waals surface area contributed by atoms with Gasteiger partial charge >= 0.3 is 0 Å². The van der Waals surface area contributed by atoms with Crippen LogP contribution < -0.4 is 0 Å². The third-order valence-corrected chi connectivity index (χ3v) is 13.2. The van der Waals surface area contributed by atoms with Crippen molar-refractivity contribution in [3.05, 3.63) is 176 Å². The monoisotopic (exact) mass is 763 g/mol. The second kappa shape index (κ2) is 12.8. The molecule has 0 N–H and O–H groups in total. The molecule has 4 aromatic heterocycles. The van der Waals surface area contributed by atoms with Gasteiger partial charge in [-0.05, 0) is 59.2 Å². The summed E-state index contributed by atoms with van der Waals surface area (Å²) >= 11 is 3.65. The number of hydrogen-bond acceptors (Lipinski definition) is 6. The second-order valence-corrected chi connectivity index (χ2v) is 16.5. The van der Waals surface area contributed by atoms with Gasteiger partial charge in [-0.3, -0.25) is 0 Å². The summed E-state index contributed by atoms with van der Waals surface area (Å²) in [6.45, 7) is 0. The lowest BCUT2D eigenvalue weighted by Gasteiger charge is -2.11. The van der Waals surface area contributed by atoms with E-state index in [0.717, 1.165) is 55.1 Å². The van der Waals surface area contributed by atoms with Crippen LogP contribution in [0.5, 0.6) is 0 Å². The summed E-state index contributed by atoms with van der Waals surface area (Å²) in [5, 5.41) is 7.14. The first-order valence-corrected chi connectivity index (χ1v) is 20.6. The molecule has 0 atom stereocenters. The molecule has 12 aromatic rings. The molecule has 8 aromatic carbocycles. The summed E-state index contributed by atoms with van der Waals surface area (Å²) in [4.78, 5) is 15.1. The maximum absolute atomic E-state index is 6.70. The van der Waals surface area contributed by atoms with E-state index >= 15 is 0 Å². The fourth-order valence-corrected chi connectivity index (χ4v) is 10.6. The lowest BCUT2D eigenvalue weighted by molar-refractivity contribution is 0.670. The van der Waals surface area contributed by atoms with E-state index in [4.69, 9.17) is 19.4 Å². The number of nitrogens with zero attached hydrogens (tertiary/aromatic N) is 3. The minimum Gasteiger partial charge on any atom is -0.455 e. The van der Waals surface area contributed by atoms with E-state index in [9.17, 15) is 0 Å². The molecule has 0 saturated carbocycles. The normalized spacial score (nSPS) is 11.9. The van der Waals surface area contributed by atoms with Crippen LogP contribution >= 0.6 is 22.7 Å². The number of thiophene rings is 2. The Morgan fingerprint density at radius 1 is 0.333 bits per heavy atom. The molecule has 57 heavy (non-hydrogen) atoms. The van der Waals surface area contributed by atoms with Gasteiger partial charge in [-0.25, -0.2) is 15.0 Å². The Labute approximate surface area is 335 Å². The van der Waals surface area contributed by atoms with Crippen LogP contribution in [0.2, 0.25) is 0 Å². The molecule has 4 heterocycles. The predicted octanol–water partition coefficient (Wildman–Crippen LogP) is 14.8. The molecule has 0 amide bonds. The maximum atomic E-state index is 6.70.